The van der Waals surface area contributed by atoms with E-state index in [2.05, 4.69) is 39.9 Å². The highest BCUT2D eigenvalue weighted by atomic mass is 35.5. The van der Waals surface area contributed by atoms with Crippen LogP contribution in [0.1, 0.15) is 36.2 Å². The molecule has 0 bridgehead atoms. The minimum atomic E-state index is -3.47. The summed E-state index contributed by atoms with van der Waals surface area (Å²) in [5.41, 5.74) is 3.04. The number of hydrogen-bond donors (Lipinski definition) is 2. The first-order chi connectivity index (χ1) is 16.5. The van der Waals surface area contributed by atoms with E-state index in [-0.39, 0.29) is 12.6 Å². The smallest absolute Gasteiger partial charge is 0.236 e. The molecule has 2 aromatic carbocycles. The first kappa shape index (κ1) is 26.5. The van der Waals surface area contributed by atoms with Crippen molar-refractivity contribution >= 4 is 44.9 Å². The normalized spacial score (nSPS) is 11.5. The third kappa shape index (κ3) is 6.98. The van der Waals surface area contributed by atoms with Crippen LogP contribution < -0.4 is 14.8 Å². The molecule has 11 heteroatoms. The second kappa shape index (κ2) is 11.1. The van der Waals surface area contributed by atoms with Crippen LogP contribution in [0.2, 0.25) is 5.02 Å². The van der Waals surface area contributed by atoms with Gasteiger partial charge in [0.25, 0.3) is 0 Å². The molecule has 0 aliphatic rings. The molecule has 3 rings (SSSR count). The van der Waals surface area contributed by atoms with E-state index in [1.165, 1.54) is 6.20 Å². The van der Waals surface area contributed by atoms with Crippen LogP contribution in [0.4, 0.5) is 11.6 Å². The average molecular weight is 534 g/mol. The number of alkyl halides is 1. The van der Waals surface area contributed by atoms with Crippen molar-refractivity contribution in [1.29, 1.82) is 5.26 Å². The maximum atomic E-state index is 11.4. The number of benzene rings is 2. The minimum Gasteiger partial charge on any atom is -0.487 e. The summed E-state index contributed by atoms with van der Waals surface area (Å²) in [5, 5.41) is 13.2. The van der Waals surface area contributed by atoms with E-state index in [1.807, 2.05) is 36.4 Å². The predicted octanol–water partition coefficient (Wildman–Crippen LogP) is 4.93. The second-order valence-corrected chi connectivity index (χ2v) is 10.8. The Morgan fingerprint density at radius 2 is 1.86 bits per heavy atom. The van der Waals surface area contributed by atoms with Gasteiger partial charge in [0.2, 0.25) is 16.0 Å². The molecular formula is C24H25Cl2N5O3S. The molecule has 0 amide bonds. The monoisotopic (exact) mass is 533 g/mol. The van der Waals surface area contributed by atoms with Gasteiger partial charge in [-0.05, 0) is 41.5 Å². The Bertz CT molecular complexity index is 1340. The lowest BCUT2D eigenvalue weighted by atomic mass is 9.77. The Morgan fingerprint density at radius 1 is 1.14 bits per heavy atom. The van der Waals surface area contributed by atoms with Gasteiger partial charge in [-0.3, -0.25) is 4.72 Å². The maximum Gasteiger partial charge on any atom is 0.236 e. The van der Waals surface area contributed by atoms with Crippen LogP contribution in [0.15, 0.2) is 48.7 Å². The van der Waals surface area contributed by atoms with Gasteiger partial charge in [0.1, 0.15) is 18.4 Å². The van der Waals surface area contributed by atoms with Crippen molar-refractivity contribution in [2.45, 2.75) is 25.9 Å². The third-order valence-corrected chi connectivity index (χ3v) is 6.32. The number of nitrogens with zero attached hydrogens (tertiary/aromatic N) is 3. The summed E-state index contributed by atoms with van der Waals surface area (Å²) >= 11 is 12.2. The molecule has 0 radical (unpaired) electrons. The third-order valence-electron chi connectivity index (χ3n) is 5.28. The molecular weight excluding hydrogens is 509 g/mol. The number of sulfonamides is 1. The fourth-order valence-electron chi connectivity index (χ4n) is 3.39. The lowest BCUT2D eigenvalue weighted by molar-refractivity contribution is 0.301. The van der Waals surface area contributed by atoms with Crippen LogP contribution in [0.3, 0.4) is 0 Å². The molecule has 2 N–H and O–H groups in total. The lowest BCUT2D eigenvalue weighted by Crippen LogP contribution is -2.19. The van der Waals surface area contributed by atoms with Crippen LogP contribution in [-0.2, 0) is 22.0 Å². The van der Waals surface area contributed by atoms with E-state index >= 15 is 0 Å². The summed E-state index contributed by atoms with van der Waals surface area (Å²) < 4.78 is 30.8. The number of anilines is 2. The highest BCUT2D eigenvalue weighted by Crippen LogP contribution is 2.37. The zero-order valence-electron chi connectivity index (χ0n) is 19.5. The van der Waals surface area contributed by atoms with Crippen LogP contribution in [0.5, 0.6) is 5.75 Å². The van der Waals surface area contributed by atoms with Gasteiger partial charge in [0.15, 0.2) is 0 Å². The van der Waals surface area contributed by atoms with Gasteiger partial charge in [-0.15, -0.1) is 11.6 Å². The summed E-state index contributed by atoms with van der Waals surface area (Å²) in [6, 6.07) is 15.1. The molecule has 1 aromatic heterocycles. The molecule has 184 valence electrons. The number of nitriles is 1. The molecule has 1 heterocycles. The van der Waals surface area contributed by atoms with Gasteiger partial charge in [-0.25, -0.2) is 18.4 Å². The number of hydrogen-bond acceptors (Lipinski definition) is 7. The maximum absolute atomic E-state index is 11.4. The van der Waals surface area contributed by atoms with Crippen LogP contribution in [0.25, 0.3) is 0 Å². The highest BCUT2D eigenvalue weighted by Gasteiger charge is 2.25. The minimum absolute atomic E-state index is 0.00928. The van der Waals surface area contributed by atoms with E-state index in [1.54, 1.807) is 6.07 Å². The first-order valence-corrected chi connectivity index (χ1v) is 13.4. The summed E-state index contributed by atoms with van der Waals surface area (Å²) in [4.78, 5) is 8.03. The number of ether oxygens (including phenoxy) is 1. The fourth-order valence-corrected chi connectivity index (χ4v) is 4.20. The van der Waals surface area contributed by atoms with Crippen molar-refractivity contribution in [3.63, 3.8) is 0 Å². The Balaban J connectivity index is 1.75. The number of aromatic nitrogens is 2. The van der Waals surface area contributed by atoms with E-state index in [0.29, 0.717) is 40.1 Å². The van der Waals surface area contributed by atoms with Gasteiger partial charge in [0.05, 0.1) is 28.2 Å². The quantitative estimate of drug-likeness (QED) is 0.354. The molecule has 35 heavy (non-hydrogen) atoms. The zero-order valence-corrected chi connectivity index (χ0v) is 21.8. The summed E-state index contributed by atoms with van der Waals surface area (Å²) in [5.74, 6) is 1.01. The van der Waals surface area contributed by atoms with Gasteiger partial charge in [-0.2, -0.15) is 5.26 Å². The van der Waals surface area contributed by atoms with E-state index in [0.717, 1.165) is 17.4 Å². The van der Waals surface area contributed by atoms with Crippen LogP contribution >= 0.6 is 23.2 Å². The van der Waals surface area contributed by atoms with Crippen molar-refractivity contribution in [3.05, 3.63) is 76.1 Å². The SMILES string of the molecule is CC(C)(c1ccc(OCc2ccnc(NS(C)(=O)=O)n2)cc1)c1cc(Cl)c(NCCCl)c(C#N)c1. The number of nitrogens with one attached hydrogen (secondary N) is 2. The standard InChI is InChI=1S/C24H25Cl2N5O3S/c1-24(2,18-12-16(14-27)22(21(26)13-18)28-11-9-25)17-4-6-20(7-5-17)34-15-19-8-10-29-23(30-19)31-35(3,32)33/h4-8,10,12-13,28H,9,11,15H2,1-3H3,(H,29,30,31). The van der Waals surface area contributed by atoms with Crippen LogP contribution in [-0.4, -0.2) is 37.1 Å². The van der Waals surface area contributed by atoms with E-state index in [9.17, 15) is 13.7 Å². The van der Waals surface area contributed by atoms with Gasteiger partial charge < -0.3 is 10.1 Å². The van der Waals surface area contributed by atoms with Crippen molar-refractivity contribution < 1.29 is 13.2 Å². The van der Waals surface area contributed by atoms with Gasteiger partial charge in [0, 0.05) is 24.0 Å². The molecule has 0 saturated heterocycles. The predicted molar refractivity (Wildman–Crippen MR) is 139 cm³/mol. The Hall–Kier alpha value is -3.06. The van der Waals surface area contributed by atoms with E-state index in [4.69, 9.17) is 27.9 Å². The van der Waals surface area contributed by atoms with Crippen molar-refractivity contribution in [3.8, 4) is 11.8 Å². The highest BCUT2D eigenvalue weighted by molar-refractivity contribution is 7.91. The largest absolute Gasteiger partial charge is 0.487 e. The topological polar surface area (TPSA) is 117 Å². The fraction of sp³-hybridized carbons (Fsp3) is 0.292. The number of rotatable bonds is 10. The van der Waals surface area contributed by atoms with Crippen molar-refractivity contribution in [1.82, 2.24) is 9.97 Å². The number of halogens is 2. The Morgan fingerprint density at radius 3 is 2.49 bits per heavy atom. The summed E-state index contributed by atoms with van der Waals surface area (Å²) in [6.07, 6.45) is 2.49. The Kier molecular flexibility index (Phi) is 8.43. The first-order valence-electron chi connectivity index (χ1n) is 10.6. The molecule has 0 aliphatic heterocycles. The second-order valence-electron chi connectivity index (χ2n) is 8.29. The molecule has 0 saturated carbocycles. The van der Waals surface area contributed by atoms with Gasteiger partial charge >= 0.3 is 0 Å². The van der Waals surface area contributed by atoms with E-state index < -0.39 is 15.4 Å². The summed E-state index contributed by atoms with van der Waals surface area (Å²) in [7, 11) is -3.47. The molecule has 3 aromatic rings. The van der Waals surface area contributed by atoms with Gasteiger partial charge in [-0.1, -0.05) is 37.6 Å². The summed E-state index contributed by atoms with van der Waals surface area (Å²) in [6.45, 7) is 4.75. The molecule has 0 unspecified atom stereocenters. The Labute approximate surface area is 215 Å². The van der Waals surface area contributed by atoms with Crippen LogP contribution in [0, 0.1) is 11.3 Å². The molecule has 0 atom stereocenters. The lowest BCUT2D eigenvalue weighted by Gasteiger charge is -2.27. The van der Waals surface area contributed by atoms with Crippen molar-refractivity contribution in [2.75, 3.05) is 28.7 Å². The molecule has 8 nitrogen and oxygen atoms in total. The van der Waals surface area contributed by atoms with Crippen molar-refractivity contribution in [2.24, 2.45) is 0 Å². The molecule has 0 aliphatic carbocycles. The molecule has 0 fully saturated rings. The zero-order chi connectivity index (χ0) is 25.6. The molecule has 0 spiro atoms. The average Bonchev–Trinajstić information content (AvgIpc) is 2.81.